The molecule has 1 aliphatic rings. The lowest BCUT2D eigenvalue weighted by Crippen LogP contribution is -2.37. The predicted octanol–water partition coefficient (Wildman–Crippen LogP) is 2.01. The quantitative estimate of drug-likeness (QED) is 0.938. The summed E-state index contributed by atoms with van der Waals surface area (Å²) in [5.41, 5.74) is 0.641. The van der Waals surface area contributed by atoms with Crippen LogP contribution in [-0.4, -0.2) is 42.2 Å². The highest BCUT2D eigenvalue weighted by molar-refractivity contribution is 6.03. The number of ether oxygens (including phenoxy) is 1. The average Bonchev–Trinajstić information content (AvgIpc) is 2.55. The Labute approximate surface area is 133 Å². The third kappa shape index (κ3) is 3.81. The van der Waals surface area contributed by atoms with Crippen molar-refractivity contribution in [2.24, 2.45) is 0 Å². The van der Waals surface area contributed by atoms with Crippen molar-refractivity contribution in [3.63, 3.8) is 0 Å². The van der Waals surface area contributed by atoms with Gasteiger partial charge in [-0.25, -0.2) is 14.4 Å². The number of nitrogens with zero attached hydrogens (tertiary/aromatic N) is 3. The molecule has 0 unspecified atom stereocenters. The highest BCUT2D eigenvalue weighted by atomic mass is 19.1. The Kier molecular flexibility index (Phi) is 4.47. The second-order valence-electron chi connectivity index (χ2n) is 5.22. The van der Waals surface area contributed by atoms with Gasteiger partial charge in [-0.05, 0) is 25.1 Å². The van der Waals surface area contributed by atoms with E-state index in [9.17, 15) is 9.18 Å². The molecule has 0 saturated carbocycles. The van der Waals surface area contributed by atoms with E-state index in [0.29, 0.717) is 30.5 Å². The fraction of sp³-hybridized carbons (Fsp3) is 0.312. The van der Waals surface area contributed by atoms with Crippen LogP contribution in [0.4, 0.5) is 15.9 Å². The number of rotatable bonds is 3. The number of morpholine rings is 1. The van der Waals surface area contributed by atoms with Crippen LogP contribution in [0, 0.1) is 12.7 Å². The molecule has 120 valence electrons. The Balaban J connectivity index is 1.81. The van der Waals surface area contributed by atoms with Crippen molar-refractivity contribution in [3.05, 3.63) is 47.7 Å². The first-order valence-corrected chi connectivity index (χ1v) is 7.37. The van der Waals surface area contributed by atoms with Gasteiger partial charge in [0, 0.05) is 24.8 Å². The van der Waals surface area contributed by atoms with Crippen LogP contribution < -0.4 is 10.2 Å². The Morgan fingerprint density at radius 2 is 2.04 bits per heavy atom. The summed E-state index contributed by atoms with van der Waals surface area (Å²) in [4.78, 5) is 23.0. The maximum Gasteiger partial charge on any atom is 0.274 e. The molecule has 0 atom stereocenters. The summed E-state index contributed by atoms with van der Waals surface area (Å²) in [5.74, 6) is 0.412. The number of hydrogen-bond donors (Lipinski definition) is 1. The maximum absolute atomic E-state index is 13.2. The van der Waals surface area contributed by atoms with E-state index in [0.717, 1.165) is 13.1 Å². The van der Waals surface area contributed by atoms with E-state index in [-0.39, 0.29) is 5.69 Å². The largest absolute Gasteiger partial charge is 0.378 e. The topological polar surface area (TPSA) is 67.4 Å². The molecule has 1 amide bonds. The molecule has 6 nitrogen and oxygen atoms in total. The Morgan fingerprint density at radius 3 is 2.78 bits per heavy atom. The fourth-order valence-electron chi connectivity index (χ4n) is 2.38. The van der Waals surface area contributed by atoms with E-state index >= 15 is 0 Å². The summed E-state index contributed by atoms with van der Waals surface area (Å²) in [6, 6.07) is 7.38. The van der Waals surface area contributed by atoms with Gasteiger partial charge < -0.3 is 15.0 Å². The molecule has 1 saturated heterocycles. The summed E-state index contributed by atoms with van der Waals surface area (Å²) < 4.78 is 18.5. The van der Waals surface area contributed by atoms with E-state index in [1.54, 1.807) is 19.1 Å². The normalized spacial score (nSPS) is 14.6. The fourth-order valence-corrected chi connectivity index (χ4v) is 2.38. The van der Waals surface area contributed by atoms with Gasteiger partial charge in [-0.1, -0.05) is 6.07 Å². The van der Waals surface area contributed by atoms with Gasteiger partial charge in [-0.15, -0.1) is 0 Å². The number of carbonyl (C=O) groups excluding carboxylic acids is 1. The number of aromatic nitrogens is 2. The molecule has 1 fully saturated rings. The Hall–Kier alpha value is -2.54. The van der Waals surface area contributed by atoms with Crippen molar-refractivity contribution in [2.75, 3.05) is 36.5 Å². The van der Waals surface area contributed by atoms with Crippen LogP contribution in [0.2, 0.25) is 0 Å². The zero-order valence-electron chi connectivity index (χ0n) is 12.8. The smallest absolute Gasteiger partial charge is 0.274 e. The molecule has 0 bridgehead atoms. The summed E-state index contributed by atoms with van der Waals surface area (Å²) in [6.07, 6.45) is 0. The van der Waals surface area contributed by atoms with Crippen molar-refractivity contribution in [1.82, 2.24) is 9.97 Å². The zero-order valence-corrected chi connectivity index (χ0v) is 12.8. The molecule has 2 aromatic rings. The van der Waals surface area contributed by atoms with Crippen LogP contribution in [0.3, 0.4) is 0 Å². The van der Waals surface area contributed by atoms with Gasteiger partial charge >= 0.3 is 0 Å². The van der Waals surface area contributed by atoms with E-state index in [1.807, 2.05) is 0 Å². The van der Waals surface area contributed by atoms with E-state index in [4.69, 9.17) is 4.74 Å². The van der Waals surface area contributed by atoms with E-state index in [1.165, 1.54) is 18.2 Å². The van der Waals surface area contributed by atoms with Crippen LogP contribution >= 0.6 is 0 Å². The number of anilines is 2. The molecule has 23 heavy (non-hydrogen) atoms. The van der Waals surface area contributed by atoms with Crippen molar-refractivity contribution < 1.29 is 13.9 Å². The molecule has 0 spiro atoms. The monoisotopic (exact) mass is 316 g/mol. The van der Waals surface area contributed by atoms with Gasteiger partial charge in [0.1, 0.15) is 23.2 Å². The molecule has 0 aliphatic carbocycles. The third-order valence-corrected chi connectivity index (χ3v) is 3.47. The molecule has 1 aromatic heterocycles. The van der Waals surface area contributed by atoms with Gasteiger partial charge in [0.05, 0.1) is 13.2 Å². The lowest BCUT2D eigenvalue weighted by molar-refractivity contribution is 0.102. The van der Waals surface area contributed by atoms with Gasteiger partial charge in [-0.3, -0.25) is 4.79 Å². The molecular weight excluding hydrogens is 299 g/mol. The third-order valence-electron chi connectivity index (χ3n) is 3.47. The standard InChI is InChI=1S/C16H17FN4O2/c1-11-18-14(10-15(19-11)21-5-7-23-8-6-21)16(22)20-13-4-2-3-12(17)9-13/h2-4,9-10H,5-8H2,1H3,(H,20,22). The Morgan fingerprint density at radius 1 is 1.26 bits per heavy atom. The minimum Gasteiger partial charge on any atom is -0.378 e. The van der Waals surface area contributed by atoms with E-state index in [2.05, 4.69) is 20.2 Å². The first kappa shape index (κ1) is 15.4. The first-order valence-electron chi connectivity index (χ1n) is 7.37. The highest BCUT2D eigenvalue weighted by Crippen LogP contribution is 2.16. The number of carbonyl (C=O) groups is 1. The molecule has 0 radical (unpaired) electrons. The minimum absolute atomic E-state index is 0.253. The summed E-state index contributed by atoms with van der Waals surface area (Å²) in [5, 5.41) is 2.64. The molecule has 1 aromatic carbocycles. The Bertz CT molecular complexity index is 717. The van der Waals surface area contributed by atoms with Gasteiger partial charge in [-0.2, -0.15) is 0 Å². The highest BCUT2D eigenvalue weighted by Gasteiger charge is 2.17. The van der Waals surface area contributed by atoms with Gasteiger partial charge in [0.15, 0.2) is 0 Å². The summed E-state index contributed by atoms with van der Waals surface area (Å²) in [7, 11) is 0. The molecule has 3 rings (SSSR count). The van der Waals surface area contributed by atoms with E-state index < -0.39 is 11.7 Å². The maximum atomic E-state index is 13.2. The first-order chi connectivity index (χ1) is 11.1. The second-order valence-corrected chi connectivity index (χ2v) is 5.22. The average molecular weight is 316 g/mol. The minimum atomic E-state index is -0.407. The van der Waals surface area contributed by atoms with Crippen LogP contribution in [0.25, 0.3) is 0 Å². The molecule has 1 N–H and O–H groups in total. The van der Waals surface area contributed by atoms with Crippen molar-refractivity contribution in [3.8, 4) is 0 Å². The number of aryl methyl sites for hydroxylation is 1. The number of amides is 1. The summed E-state index contributed by atoms with van der Waals surface area (Å²) in [6.45, 7) is 4.45. The van der Waals surface area contributed by atoms with Gasteiger partial charge in [0.2, 0.25) is 0 Å². The van der Waals surface area contributed by atoms with Crippen LogP contribution in [0.5, 0.6) is 0 Å². The predicted molar refractivity (Wildman–Crippen MR) is 84.2 cm³/mol. The molecule has 2 heterocycles. The van der Waals surface area contributed by atoms with Crippen LogP contribution in [-0.2, 0) is 4.74 Å². The lowest BCUT2D eigenvalue weighted by Gasteiger charge is -2.28. The van der Waals surface area contributed by atoms with Crippen molar-refractivity contribution in [1.29, 1.82) is 0 Å². The molecule has 7 heteroatoms. The summed E-state index contributed by atoms with van der Waals surface area (Å²) >= 11 is 0. The SMILES string of the molecule is Cc1nc(C(=O)Nc2cccc(F)c2)cc(N2CCOCC2)n1. The lowest BCUT2D eigenvalue weighted by atomic mass is 10.2. The number of benzene rings is 1. The molecular formula is C16H17FN4O2. The number of halogens is 1. The number of nitrogens with one attached hydrogen (secondary N) is 1. The molecule has 1 aliphatic heterocycles. The van der Waals surface area contributed by atoms with Crippen LogP contribution in [0.15, 0.2) is 30.3 Å². The van der Waals surface area contributed by atoms with Gasteiger partial charge in [0.25, 0.3) is 5.91 Å². The zero-order chi connectivity index (χ0) is 16.2. The van der Waals surface area contributed by atoms with Crippen molar-refractivity contribution in [2.45, 2.75) is 6.92 Å². The second kappa shape index (κ2) is 6.70. The van der Waals surface area contributed by atoms with Crippen LogP contribution in [0.1, 0.15) is 16.3 Å². The number of hydrogen-bond acceptors (Lipinski definition) is 5. The van der Waals surface area contributed by atoms with Crippen molar-refractivity contribution >= 4 is 17.4 Å².